The van der Waals surface area contributed by atoms with Gasteiger partial charge in [0.15, 0.2) is 0 Å². The molecule has 0 aliphatic carbocycles. The van der Waals surface area contributed by atoms with E-state index in [1.807, 2.05) is 9.88 Å². The third kappa shape index (κ3) is 3.68. The van der Waals surface area contributed by atoms with Crippen molar-refractivity contribution in [2.75, 3.05) is 0 Å². The van der Waals surface area contributed by atoms with Gasteiger partial charge in [-0.2, -0.15) is 0 Å². The number of nitrogens with zero attached hydrogens (tertiary/aromatic N) is 2. The number of hydrogen-bond acceptors (Lipinski definition) is 5. The number of aliphatic imine (C=N–C) groups is 1. The number of fused-ring (bicyclic) bond motifs is 2. The Morgan fingerprint density at radius 1 is 1.25 bits per heavy atom. The fourth-order valence-electron chi connectivity index (χ4n) is 2.26. The third-order valence-electron chi connectivity index (χ3n) is 3.24. The van der Waals surface area contributed by atoms with Gasteiger partial charge >= 0.3 is 157 Å². The van der Waals surface area contributed by atoms with E-state index < -0.39 is 24.1 Å². The van der Waals surface area contributed by atoms with Gasteiger partial charge in [0.1, 0.15) is 0 Å². The van der Waals surface area contributed by atoms with Gasteiger partial charge in [0, 0.05) is 0 Å². The Balaban J connectivity index is 2.20. The second-order valence-corrected chi connectivity index (χ2v) is 16.0. The van der Waals surface area contributed by atoms with Crippen molar-refractivity contribution >= 4 is 64.3 Å². The SMILES string of the molecule is [CH3][Sn]1([CH3])[O]c2ccc([N+](=O)[O-])cc2C=Nc2cc(Cl)cc(Br)c2[O]1. The van der Waals surface area contributed by atoms with E-state index in [1.165, 1.54) is 18.3 Å². The predicted octanol–water partition coefficient (Wildman–Crippen LogP) is 5.23. The monoisotopic (exact) mass is 518 g/mol. The van der Waals surface area contributed by atoms with E-state index in [4.69, 9.17) is 17.7 Å². The van der Waals surface area contributed by atoms with Crippen LogP contribution in [0, 0.1) is 10.1 Å². The summed E-state index contributed by atoms with van der Waals surface area (Å²) in [4.78, 5) is 18.9. The maximum absolute atomic E-state index is 11.0. The zero-order valence-corrected chi connectivity index (χ0v) is 17.9. The van der Waals surface area contributed by atoms with Crippen molar-refractivity contribution < 1.29 is 11.1 Å². The van der Waals surface area contributed by atoms with Crippen LogP contribution < -0.4 is 6.15 Å². The molecule has 1 aliphatic rings. The first-order valence-corrected chi connectivity index (χ1v) is 16.2. The first kappa shape index (κ1) is 17.5. The molecular formula is C15H12BrClN2O4Sn. The quantitative estimate of drug-likeness (QED) is 0.294. The van der Waals surface area contributed by atoms with E-state index in [1.54, 1.807) is 18.2 Å². The van der Waals surface area contributed by atoms with Gasteiger partial charge in [-0.25, -0.2) is 0 Å². The fourth-order valence-corrected chi connectivity index (χ4v) is 7.74. The molecule has 0 spiro atoms. The summed E-state index contributed by atoms with van der Waals surface area (Å²) < 4.78 is 12.9. The van der Waals surface area contributed by atoms with E-state index in [0.29, 0.717) is 32.2 Å². The average molecular weight is 518 g/mol. The van der Waals surface area contributed by atoms with Crippen LogP contribution in [0.25, 0.3) is 0 Å². The van der Waals surface area contributed by atoms with Gasteiger partial charge < -0.3 is 0 Å². The molecule has 2 aromatic carbocycles. The zero-order valence-electron chi connectivity index (χ0n) is 12.7. The Hall–Kier alpha value is -1.32. The molecule has 0 fully saturated rings. The molecule has 0 amide bonds. The van der Waals surface area contributed by atoms with Gasteiger partial charge in [-0.05, 0) is 0 Å². The molecule has 0 radical (unpaired) electrons. The molecule has 2 aromatic rings. The molecule has 3 rings (SSSR count). The van der Waals surface area contributed by atoms with E-state index in [9.17, 15) is 10.1 Å². The number of nitro benzene ring substituents is 1. The summed E-state index contributed by atoms with van der Waals surface area (Å²) in [6, 6.07) is 7.84. The molecule has 9 heteroatoms. The minimum absolute atomic E-state index is 0.0236. The molecule has 24 heavy (non-hydrogen) atoms. The standard InChI is InChI=1S/C13H8BrClN2O4.2CH3.Sn/c14-10-4-8(15)5-11(13(10)19)16-6-7-3-9(17(20)21)1-2-12(7)18;;;/h1-6,18-19H;2*1H3;/q;;;+2/p-2. The van der Waals surface area contributed by atoms with Crippen LogP contribution in [0.1, 0.15) is 5.56 Å². The molecule has 0 saturated carbocycles. The summed E-state index contributed by atoms with van der Waals surface area (Å²) in [6.45, 7) is 0. The Morgan fingerprint density at radius 3 is 2.71 bits per heavy atom. The summed E-state index contributed by atoms with van der Waals surface area (Å²) in [7, 11) is 0. The van der Waals surface area contributed by atoms with Crippen LogP contribution in [0.4, 0.5) is 11.4 Å². The minimum atomic E-state index is -3.44. The van der Waals surface area contributed by atoms with Crippen LogP contribution in [0.15, 0.2) is 39.8 Å². The average Bonchev–Trinajstić information content (AvgIpc) is 2.53. The van der Waals surface area contributed by atoms with Crippen molar-refractivity contribution in [3.8, 4) is 11.5 Å². The normalized spacial score (nSPS) is 15.0. The summed E-state index contributed by atoms with van der Waals surface area (Å²) in [6.07, 6.45) is 1.53. The van der Waals surface area contributed by atoms with E-state index >= 15 is 0 Å². The summed E-state index contributed by atoms with van der Waals surface area (Å²) in [5.74, 6) is 1.10. The number of non-ortho nitro benzene ring substituents is 1. The Labute approximate surface area is 156 Å². The van der Waals surface area contributed by atoms with Crippen molar-refractivity contribution in [1.29, 1.82) is 0 Å². The van der Waals surface area contributed by atoms with Gasteiger partial charge in [-0.3, -0.25) is 0 Å². The first-order chi connectivity index (χ1) is 11.2. The van der Waals surface area contributed by atoms with Crippen LogP contribution in [0.5, 0.6) is 11.5 Å². The number of halogens is 2. The molecule has 0 bridgehead atoms. The van der Waals surface area contributed by atoms with E-state index in [-0.39, 0.29) is 5.69 Å². The molecule has 0 saturated heterocycles. The maximum atomic E-state index is 11.0. The first-order valence-electron chi connectivity index (χ1n) is 6.95. The molecular weight excluding hydrogens is 506 g/mol. The Bertz CT molecular complexity index is 873. The zero-order chi connectivity index (χ0) is 17.5. The van der Waals surface area contributed by atoms with Crippen LogP contribution in [-0.2, 0) is 0 Å². The van der Waals surface area contributed by atoms with Crippen LogP contribution in [0.3, 0.4) is 0 Å². The molecule has 0 unspecified atom stereocenters. The summed E-state index contributed by atoms with van der Waals surface area (Å²) in [5.41, 5.74) is 1.05. The number of rotatable bonds is 1. The predicted molar refractivity (Wildman–Crippen MR) is 98.2 cm³/mol. The van der Waals surface area contributed by atoms with Crippen LogP contribution in [-0.4, -0.2) is 30.3 Å². The number of hydrogen-bond donors (Lipinski definition) is 0. The van der Waals surface area contributed by atoms with E-state index in [0.717, 1.165) is 0 Å². The topological polar surface area (TPSA) is 74.0 Å². The fraction of sp³-hybridized carbons (Fsp3) is 0.133. The molecule has 1 aliphatic heterocycles. The van der Waals surface area contributed by atoms with Crippen LogP contribution >= 0.6 is 27.5 Å². The molecule has 124 valence electrons. The second-order valence-electron chi connectivity index (χ2n) is 5.58. The van der Waals surface area contributed by atoms with Gasteiger partial charge in [0.2, 0.25) is 0 Å². The second kappa shape index (κ2) is 6.53. The number of nitro groups is 1. The van der Waals surface area contributed by atoms with Gasteiger partial charge in [-0.15, -0.1) is 0 Å². The van der Waals surface area contributed by atoms with Gasteiger partial charge in [0.05, 0.1) is 0 Å². The molecule has 6 nitrogen and oxygen atoms in total. The summed E-state index contributed by atoms with van der Waals surface area (Å²) >= 11 is 6.09. The van der Waals surface area contributed by atoms with Gasteiger partial charge in [0.25, 0.3) is 0 Å². The van der Waals surface area contributed by atoms with Crippen molar-refractivity contribution in [3.63, 3.8) is 0 Å². The Morgan fingerprint density at radius 2 is 2.00 bits per heavy atom. The van der Waals surface area contributed by atoms with Crippen molar-refractivity contribution in [2.24, 2.45) is 4.99 Å². The third-order valence-corrected chi connectivity index (χ3v) is 8.06. The summed E-state index contributed by atoms with van der Waals surface area (Å²) in [5, 5.41) is 11.5. The molecule has 0 aromatic heterocycles. The Kier molecular flexibility index (Phi) is 4.76. The van der Waals surface area contributed by atoms with Crippen molar-refractivity contribution in [2.45, 2.75) is 9.88 Å². The number of benzene rings is 2. The van der Waals surface area contributed by atoms with E-state index in [2.05, 4.69) is 20.9 Å². The van der Waals surface area contributed by atoms with Crippen LogP contribution in [0.2, 0.25) is 14.9 Å². The van der Waals surface area contributed by atoms with Crippen molar-refractivity contribution in [1.82, 2.24) is 0 Å². The van der Waals surface area contributed by atoms with Gasteiger partial charge in [-0.1, -0.05) is 0 Å². The molecule has 1 heterocycles. The molecule has 0 atom stereocenters. The molecule has 0 N–H and O–H groups in total. The van der Waals surface area contributed by atoms with Crippen molar-refractivity contribution in [3.05, 3.63) is 55.5 Å².